The van der Waals surface area contributed by atoms with Crippen molar-refractivity contribution in [2.45, 2.75) is 33.7 Å². The zero-order chi connectivity index (χ0) is 14.4. The Hall–Kier alpha value is -1.06. The van der Waals surface area contributed by atoms with Crippen LogP contribution in [-0.4, -0.2) is 32.1 Å². The van der Waals surface area contributed by atoms with Crippen molar-refractivity contribution < 1.29 is 4.74 Å². The lowest BCUT2D eigenvalue weighted by Crippen LogP contribution is -2.29. The maximum absolute atomic E-state index is 5.77. The number of ether oxygens (including phenoxy) is 1. The van der Waals surface area contributed by atoms with Crippen LogP contribution >= 0.6 is 0 Å². The van der Waals surface area contributed by atoms with Gasteiger partial charge in [-0.15, -0.1) is 0 Å². The predicted octanol–water partition coefficient (Wildman–Crippen LogP) is 2.73. The summed E-state index contributed by atoms with van der Waals surface area (Å²) in [7, 11) is 3.89. The van der Waals surface area contributed by atoms with E-state index in [4.69, 9.17) is 10.5 Å². The Bertz CT molecular complexity index is 377. The molecule has 1 aromatic rings. The van der Waals surface area contributed by atoms with Crippen LogP contribution in [0.4, 0.5) is 0 Å². The molecule has 1 rings (SSSR count). The summed E-state index contributed by atoms with van der Waals surface area (Å²) in [6.45, 7) is 9.18. The number of methoxy groups -OCH3 is 1. The van der Waals surface area contributed by atoms with E-state index in [9.17, 15) is 0 Å². The van der Waals surface area contributed by atoms with E-state index in [0.717, 1.165) is 31.8 Å². The number of aryl methyl sites for hydroxylation is 2. The van der Waals surface area contributed by atoms with E-state index in [0.29, 0.717) is 5.92 Å². The fourth-order valence-electron chi connectivity index (χ4n) is 2.64. The molecular formula is C16H28N2O. The van der Waals surface area contributed by atoms with Gasteiger partial charge in [-0.1, -0.05) is 25.5 Å². The second-order valence-corrected chi connectivity index (χ2v) is 5.47. The molecule has 0 heterocycles. The molecule has 1 atom stereocenters. The molecule has 19 heavy (non-hydrogen) atoms. The Morgan fingerprint density at radius 3 is 2.26 bits per heavy atom. The van der Waals surface area contributed by atoms with Crippen molar-refractivity contribution >= 4 is 0 Å². The number of nitrogens with zero attached hydrogens (tertiary/aromatic N) is 1. The highest BCUT2D eigenvalue weighted by Crippen LogP contribution is 2.24. The molecule has 108 valence electrons. The first-order chi connectivity index (χ1) is 9.01. The smallest absolute Gasteiger partial charge is 0.124 e. The zero-order valence-corrected chi connectivity index (χ0v) is 13.0. The van der Waals surface area contributed by atoms with Crippen LogP contribution in [0.25, 0.3) is 0 Å². The van der Waals surface area contributed by atoms with Gasteiger partial charge >= 0.3 is 0 Å². The molecule has 0 aliphatic carbocycles. The number of hydrogen-bond acceptors (Lipinski definition) is 3. The Morgan fingerprint density at radius 1 is 1.26 bits per heavy atom. The van der Waals surface area contributed by atoms with Gasteiger partial charge < -0.3 is 15.4 Å². The average Bonchev–Trinajstić information content (AvgIpc) is 2.35. The number of hydrogen-bond donors (Lipinski definition) is 1. The lowest BCUT2D eigenvalue weighted by Gasteiger charge is -2.23. The Balaban J connectivity index is 2.72. The van der Waals surface area contributed by atoms with Crippen molar-refractivity contribution in [3.05, 3.63) is 28.8 Å². The molecule has 3 nitrogen and oxygen atoms in total. The molecule has 0 aromatic heterocycles. The number of nitrogens with two attached hydrogens (primary N) is 1. The fourth-order valence-corrected chi connectivity index (χ4v) is 2.64. The summed E-state index contributed by atoms with van der Waals surface area (Å²) in [5, 5.41) is 0. The largest absolute Gasteiger partial charge is 0.496 e. The van der Waals surface area contributed by atoms with Crippen molar-refractivity contribution in [1.82, 2.24) is 4.90 Å². The minimum Gasteiger partial charge on any atom is -0.496 e. The van der Waals surface area contributed by atoms with Gasteiger partial charge in [0.05, 0.1) is 7.11 Å². The van der Waals surface area contributed by atoms with Gasteiger partial charge in [0.15, 0.2) is 0 Å². The van der Waals surface area contributed by atoms with E-state index in [1.807, 2.05) is 0 Å². The third-order valence-electron chi connectivity index (χ3n) is 3.66. The van der Waals surface area contributed by atoms with Crippen LogP contribution in [0, 0.1) is 19.8 Å². The van der Waals surface area contributed by atoms with Gasteiger partial charge in [-0.25, -0.2) is 0 Å². The summed E-state index contributed by atoms with van der Waals surface area (Å²) in [5.74, 6) is 1.59. The third kappa shape index (κ3) is 4.51. The van der Waals surface area contributed by atoms with Crippen molar-refractivity contribution in [2.75, 3.05) is 27.2 Å². The molecule has 0 spiro atoms. The molecule has 0 aliphatic heterocycles. The normalized spacial score (nSPS) is 12.8. The molecule has 3 heteroatoms. The van der Waals surface area contributed by atoms with Crippen LogP contribution in [0.5, 0.6) is 5.75 Å². The van der Waals surface area contributed by atoms with Gasteiger partial charge in [0, 0.05) is 13.1 Å². The van der Waals surface area contributed by atoms with Gasteiger partial charge in [-0.05, 0) is 50.0 Å². The highest BCUT2D eigenvalue weighted by molar-refractivity contribution is 5.43. The van der Waals surface area contributed by atoms with Gasteiger partial charge in [0.1, 0.15) is 5.75 Å². The molecule has 0 saturated carbocycles. The van der Waals surface area contributed by atoms with Gasteiger partial charge in [0.2, 0.25) is 0 Å². The van der Waals surface area contributed by atoms with Crippen LogP contribution in [-0.2, 0) is 6.54 Å². The van der Waals surface area contributed by atoms with E-state index in [-0.39, 0.29) is 0 Å². The minimum atomic E-state index is 0.588. The topological polar surface area (TPSA) is 38.5 Å². The maximum atomic E-state index is 5.77. The lowest BCUT2D eigenvalue weighted by atomic mass is 10.0. The minimum absolute atomic E-state index is 0.588. The summed E-state index contributed by atoms with van der Waals surface area (Å²) in [4.78, 5) is 2.35. The molecule has 0 bridgehead atoms. The van der Waals surface area contributed by atoms with Crippen molar-refractivity contribution in [1.29, 1.82) is 0 Å². The molecule has 0 radical (unpaired) electrons. The summed E-state index contributed by atoms with van der Waals surface area (Å²) in [5.41, 5.74) is 9.52. The monoisotopic (exact) mass is 264 g/mol. The van der Waals surface area contributed by atoms with E-state index >= 15 is 0 Å². The highest BCUT2D eigenvalue weighted by atomic mass is 16.5. The van der Waals surface area contributed by atoms with Crippen LogP contribution in [0.1, 0.15) is 30.0 Å². The van der Waals surface area contributed by atoms with Crippen molar-refractivity contribution in [2.24, 2.45) is 11.7 Å². The summed E-state index contributed by atoms with van der Waals surface area (Å²) in [6.07, 6.45) is 1.14. The SMILES string of the molecule is CCC(CN)CN(C)Cc1cc(C)c(OC)c(C)c1. The zero-order valence-electron chi connectivity index (χ0n) is 13.0. The molecule has 0 aliphatic rings. The molecule has 1 aromatic carbocycles. The predicted molar refractivity (Wildman–Crippen MR) is 81.6 cm³/mol. The Labute approximate surface area is 117 Å². The van der Waals surface area contributed by atoms with Gasteiger partial charge in [0.25, 0.3) is 0 Å². The van der Waals surface area contributed by atoms with Crippen molar-refractivity contribution in [3.63, 3.8) is 0 Å². The van der Waals surface area contributed by atoms with E-state index < -0.39 is 0 Å². The van der Waals surface area contributed by atoms with Crippen LogP contribution in [0.15, 0.2) is 12.1 Å². The van der Waals surface area contributed by atoms with E-state index in [2.05, 4.69) is 44.9 Å². The summed E-state index contributed by atoms with van der Waals surface area (Å²) >= 11 is 0. The molecular weight excluding hydrogens is 236 g/mol. The quantitative estimate of drug-likeness (QED) is 0.823. The Kier molecular flexibility index (Phi) is 6.32. The molecule has 2 N–H and O–H groups in total. The number of benzene rings is 1. The van der Waals surface area contributed by atoms with Crippen LogP contribution < -0.4 is 10.5 Å². The standard InChI is InChI=1S/C16H28N2O/c1-6-14(9-17)10-18(4)11-15-7-12(2)16(19-5)13(3)8-15/h7-8,14H,6,9-11,17H2,1-5H3. The highest BCUT2D eigenvalue weighted by Gasteiger charge is 2.10. The first-order valence-corrected chi connectivity index (χ1v) is 7.04. The first-order valence-electron chi connectivity index (χ1n) is 7.04. The van der Waals surface area contributed by atoms with Crippen LogP contribution in [0.3, 0.4) is 0 Å². The maximum Gasteiger partial charge on any atom is 0.124 e. The summed E-state index contributed by atoms with van der Waals surface area (Å²) < 4.78 is 5.40. The number of rotatable bonds is 7. The lowest BCUT2D eigenvalue weighted by molar-refractivity contribution is 0.267. The second kappa shape index (κ2) is 7.51. The molecule has 0 fully saturated rings. The molecule has 0 saturated heterocycles. The van der Waals surface area contributed by atoms with Gasteiger partial charge in [-0.2, -0.15) is 0 Å². The van der Waals surface area contributed by atoms with Gasteiger partial charge in [-0.3, -0.25) is 0 Å². The average molecular weight is 264 g/mol. The summed E-state index contributed by atoms with van der Waals surface area (Å²) in [6, 6.07) is 4.43. The van der Waals surface area contributed by atoms with Crippen LogP contribution in [0.2, 0.25) is 0 Å². The second-order valence-electron chi connectivity index (χ2n) is 5.47. The molecule has 1 unspecified atom stereocenters. The molecule has 0 amide bonds. The van der Waals surface area contributed by atoms with Crippen molar-refractivity contribution in [3.8, 4) is 5.75 Å². The van der Waals surface area contributed by atoms with E-state index in [1.165, 1.54) is 16.7 Å². The Morgan fingerprint density at radius 2 is 1.84 bits per heavy atom. The third-order valence-corrected chi connectivity index (χ3v) is 3.66. The first kappa shape index (κ1) is 16.0. The fraction of sp³-hybridized carbons (Fsp3) is 0.625. The van der Waals surface area contributed by atoms with E-state index in [1.54, 1.807) is 7.11 Å².